The highest BCUT2D eigenvalue weighted by molar-refractivity contribution is 5.68. The topological polar surface area (TPSA) is 61.8 Å². The summed E-state index contributed by atoms with van der Waals surface area (Å²) in [6.45, 7) is 0.404. The second kappa shape index (κ2) is 5.46. The van der Waals surface area contributed by atoms with Crippen molar-refractivity contribution in [2.24, 2.45) is 5.73 Å². The van der Waals surface area contributed by atoms with E-state index in [1.54, 1.807) is 14.2 Å². The summed E-state index contributed by atoms with van der Waals surface area (Å²) in [5.74, 6) is 2.21. The molecule has 21 heavy (non-hydrogen) atoms. The van der Waals surface area contributed by atoms with Crippen molar-refractivity contribution in [3.63, 3.8) is 0 Å². The number of aromatic nitrogens is 2. The Bertz CT molecular complexity index is 780. The molecule has 5 nitrogen and oxygen atoms in total. The van der Waals surface area contributed by atoms with Crippen LogP contribution in [-0.2, 0) is 6.54 Å². The average molecular weight is 283 g/mol. The number of hydrogen-bond donors (Lipinski definition) is 1. The van der Waals surface area contributed by atoms with E-state index in [0.717, 1.165) is 22.6 Å². The Morgan fingerprint density at radius 3 is 2.62 bits per heavy atom. The molecule has 0 radical (unpaired) electrons. The molecule has 3 rings (SSSR count). The van der Waals surface area contributed by atoms with Crippen molar-refractivity contribution in [1.82, 2.24) is 9.38 Å². The minimum absolute atomic E-state index is 0.404. The Kier molecular flexibility index (Phi) is 3.50. The maximum Gasteiger partial charge on any atom is 0.161 e. The molecule has 0 spiro atoms. The summed E-state index contributed by atoms with van der Waals surface area (Å²) in [4.78, 5) is 4.65. The molecule has 0 saturated carbocycles. The second-order valence-electron chi connectivity index (χ2n) is 4.61. The second-order valence-corrected chi connectivity index (χ2v) is 4.61. The third-order valence-electron chi connectivity index (χ3n) is 3.46. The van der Waals surface area contributed by atoms with Gasteiger partial charge in [0.1, 0.15) is 5.82 Å². The van der Waals surface area contributed by atoms with E-state index in [-0.39, 0.29) is 0 Å². The molecule has 2 aromatic heterocycles. The van der Waals surface area contributed by atoms with E-state index in [4.69, 9.17) is 15.2 Å². The number of methoxy groups -OCH3 is 2. The van der Waals surface area contributed by atoms with Crippen molar-refractivity contribution in [1.29, 1.82) is 0 Å². The van der Waals surface area contributed by atoms with Gasteiger partial charge in [-0.3, -0.25) is 4.40 Å². The largest absolute Gasteiger partial charge is 0.493 e. The monoisotopic (exact) mass is 283 g/mol. The number of benzene rings is 1. The molecule has 0 unspecified atom stereocenters. The first-order chi connectivity index (χ1) is 10.3. The number of pyridine rings is 1. The Labute approximate surface area is 122 Å². The number of nitrogens with zero attached hydrogens (tertiary/aromatic N) is 2. The minimum atomic E-state index is 0.404. The zero-order valence-electron chi connectivity index (χ0n) is 12.0. The van der Waals surface area contributed by atoms with Crippen LogP contribution in [0.5, 0.6) is 11.5 Å². The standard InChI is InChI=1S/C16H17N3O2/c1-20-14-7-6-11(9-15(14)21-2)16-18-12(10-17)13-5-3-4-8-19(13)16/h3-9H,10,17H2,1-2H3. The van der Waals surface area contributed by atoms with Crippen LogP contribution in [0.3, 0.4) is 0 Å². The summed E-state index contributed by atoms with van der Waals surface area (Å²) in [5.41, 5.74) is 8.63. The molecule has 0 fully saturated rings. The molecule has 1 aromatic carbocycles. The van der Waals surface area contributed by atoms with Crippen LogP contribution in [0, 0.1) is 0 Å². The highest BCUT2D eigenvalue weighted by atomic mass is 16.5. The third kappa shape index (κ3) is 2.21. The molecule has 3 aromatic rings. The number of rotatable bonds is 4. The molecule has 2 heterocycles. The lowest BCUT2D eigenvalue weighted by atomic mass is 10.2. The van der Waals surface area contributed by atoms with Crippen molar-refractivity contribution < 1.29 is 9.47 Å². The quantitative estimate of drug-likeness (QED) is 0.799. The van der Waals surface area contributed by atoms with Gasteiger partial charge in [0.05, 0.1) is 25.4 Å². The van der Waals surface area contributed by atoms with Crippen LogP contribution in [-0.4, -0.2) is 23.6 Å². The maximum absolute atomic E-state index is 5.79. The van der Waals surface area contributed by atoms with Crippen LogP contribution >= 0.6 is 0 Å². The summed E-state index contributed by atoms with van der Waals surface area (Å²) >= 11 is 0. The zero-order valence-corrected chi connectivity index (χ0v) is 12.0. The van der Waals surface area contributed by atoms with Crippen LogP contribution in [0.4, 0.5) is 0 Å². The molecule has 2 N–H and O–H groups in total. The van der Waals surface area contributed by atoms with E-state index in [1.165, 1.54) is 0 Å². The molecule has 108 valence electrons. The Morgan fingerprint density at radius 1 is 1.10 bits per heavy atom. The van der Waals surface area contributed by atoms with Gasteiger partial charge in [0, 0.05) is 18.3 Å². The highest BCUT2D eigenvalue weighted by Gasteiger charge is 2.13. The van der Waals surface area contributed by atoms with E-state index in [0.29, 0.717) is 18.0 Å². The van der Waals surface area contributed by atoms with Gasteiger partial charge in [-0.1, -0.05) is 6.07 Å². The maximum atomic E-state index is 5.79. The molecule has 0 amide bonds. The molecule has 0 aliphatic heterocycles. The fourth-order valence-corrected chi connectivity index (χ4v) is 2.43. The molecule has 0 aliphatic rings. The van der Waals surface area contributed by atoms with Gasteiger partial charge in [0.15, 0.2) is 11.5 Å². The lowest BCUT2D eigenvalue weighted by molar-refractivity contribution is 0.355. The van der Waals surface area contributed by atoms with Gasteiger partial charge in [0.25, 0.3) is 0 Å². The fraction of sp³-hybridized carbons (Fsp3) is 0.188. The Morgan fingerprint density at radius 2 is 1.90 bits per heavy atom. The van der Waals surface area contributed by atoms with Gasteiger partial charge in [0.2, 0.25) is 0 Å². The van der Waals surface area contributed by atoms with Crippen LogP contribution in [0.2, 0.25) is 0 Å². The van der Waals surface area contributed by atoms with Crippen LogP contribution in [0.25, 0.3) is 16.9 Å². The molecule has 5 heteroatoms. The van der Waals surface area contributed by atoms with Crippen molar-refractivity contribution in [3.8, 4) is 22.9 Å². The van der Waals surface area contributed by atoms with E-state index in [1.807, 2.05) is 47.0 Å². The van der Waals surface area contributed by atoms with Gasteiger partial charge in [-0.2, -0.15) is 0 Å². The summed E-state index contributed by atoms with van der Waals surface area (Å²) in [5, 5.41) is 0. The van der Waals surface area contributed by atoms with Gasteiger partial charge < -0.3 is 15.2 Å². The zero-order chi connectivity index (χ0) is 14.8. The lowest BCUT2D eigenvalue weighted by Gasteiger charge is -2.09. The number of imidazole rings is 1. The third-order valence-corrected chi connectivity index (χ3v) is 3.46. The molecular formula is C16H17N3O2. The summed E-state index contributed by atoms with van der Waals surface area (Å²) in [6, 6.07) is 11.7. The first kappa shape index (κ1) is 13.5. The molecule has 0 atom stereocenters. The molecule has 0 saturated heterocycles. The first-order valence-electron chi connectivity index (χ1n) is 6.67. The number of hydrogen-bond acceptors (Lipinski definition) is 4. The van der Waals surface area contributed by atoms with E-state index >= 15 is 0 Å². The van der Waals surface area contributed by atoms with Crippen molar-refractivity contribution in [3.05, 3.63) is 48.3 Å². The molecule has 0 bridgehead atoms. The fourth-order valence-electron chi connectivity index (χ4n) is 2.43. The highest BCUT2D eigenvalue weighted by Crippen LogP contribution is 2.32. The van der Waals surface area contributed by atoms with Crippen LogP contribution in [0.15, 0.2) is 42.6 Å². The Hall–Kier alpha value is -2.53. The smallest absolute Gasteiger partial charge is 0.161 e. The first-order valence-corrected chi connectivity index (χ1v) is 6.67. The van der Waals surface area contributed by atoms with Crippen molar-refractivity contribution in [2.75, 3.05) is 14.2 Å². The van der Waals surface area contributed by atoms with E-state index in [2.05, 4.69) is 4.98 Å². The summed E-state index contributed by atoms with van der Waals surface area (Å²) in [6.07, 6.45) is 1.98. The van der Waals surface area contributed by atoms with Gasteiger partial charge >= 0.3 is 0 Å². The van der Waals surface area contributed by atoms with E-state index in [9.17, 15) is 0 Å². The summed E-state index contributed by atoms with van der Waals surface area (Å²) < 4.78 is 12.7. The SMILES string of the molecule is COc1ccc(-c2nc(CN)c3ccccn23)cc1OC. The number of ether oxygens (including phenoxy) is 2. The predicted molar refractivity (Wildman–Crippen MR) is 81.6 cm³/mol. The molecular weight excluding hydrogens is 266 g/mol. The lowest BCUT2D eigenvalue weighted by Crippen LogP contribution is -1.96. The van der Waals surface area contributed by atoms with Gasteiger partial charge in [-0.15, -0.1) is 0 Å². The Balaban J connectivity index is 2.21. The number of fused-ring (bicyclic) bond motifs is 1. The summed E-state index contributed by atoms with van der Waals surface area (Å²) in [7, 11) is 3.24. The van der Waals surface area contributed by atoms with Gasteiger partial charge in [-0.25, -0.2) is 4.98 Å². The van der Waals surface area contributed by atoms with Crippen molar-refractivity contribution in [2.45, 2.75) is 6.54 Å². The van der Waals surface area contributed by atoms with E-state index < -0.39 is 0 Å². The minimum Gasteiger partial charge on any atom is -0.493 e. The normalized spacial score (nSPS) is 10.8. The van der Waals surface area contributed by atoms with Gasteiger partial charge in [-0.05, 0) is 30.3 Å². The number of nitrogens with two attached hydrogens (primary N) is 1. The average Bonchev–Trinajstić information content (AvgIpc) is 2.93. The van der Waals surface area contributed by atoms with Crippen molar-refractivity contribution >= 4 is 5.52 Å². The predicted octanol–water partition coefficient (Wildman–Crippen LogP) is 2.48. The van der Waals surface area contributed by atoms with Crippen LogP contribution < -0.4 is 15.2 Å². The van der Waals surface area contributed by atoms with Crippen LogP contribution in [0.1, 0.15) is 5.69 Å². The molecule has 0 aliphatic carbocycles.